The highest BCUT2D eigenvalue weighted by Gasteiger charge is 2.27. The van der Waals surface area contributed by atoms with Gasteiger partial charge in [0.1, 0.15) is 5.75 Å². The number of carbonyl (C=O) groups is 1. The molecule has 0 saturated carbocycles. The van der Waals surface area contributed by atoms with E-state index in [1.807, 2.05) is 6.07 Å². The average Bonchev–Trinajstić information content (AvgIpc) is 3.22. The van der Waals surface area contributed by atoms with Crippen molar-refractivity contribution in [2.24, 2.45) is 0 Å². The van der Waals surface area contributed by atoms with Gasteiger partial charge in [0.05, 0.1) is 4.90 Å². The summed E-state index contributed by atoms with van der Waals surface area (Å²) in [6.07, 6.45) is 5.15. The van der Waals surface area contributed by atoms with Crippen LogP contribution in [0, 0.1) is 6.92 Å². The molecule has 1 aromatic carbocycles. The first-order chi connectivity index (χ1) is 13.0. The van der Waals surface area contributed by atoms with E-state index in [9.17, 15) is 13.2 Å². The second kappa shape index (κ2) is 8.49. The topological polar surface area (TPSA) is 88.6 Å². The second-order valence-electron chi connectivity index (χ2n) is 6.47. The molecule has 1 aliphatic rings. The van der Waals surface area contributed by atoms with Crippen LogP contribution in [-0.4, -0.2) is 43.3 Å². The van der Waals surface area contributed by atoms with Gasteiger partial charge in [-0.3, -0.25) is 9.78 Å². The van der Waals surface area contributed by atoms with Crippen LogP contribution in [0.15, 0.2) is 47.6 Å². The van der Waals surface area contributed by atoms with Gasteiger partial charge in [-0.15, -0.1) is 0 Å². The Morgan fingerprint density at radius 3 is 2.70 bits per heavy atom. The lowest BCUT2D eigenvalue weighted by atomic mass is 10.2. The molecule has 8 heteroatoms. The summed E-state index contributed by atoms with van der Waals surface area (Å²) in [4.78, 5) is 16.2. The number of benzene rings is 1. The Morgan fingerprint density at radius 1 is 1.26 bits per heavy atom. The summed E-state index contributed by atoms with van der Waals surface area (Å²) >= 11 is 0. The number of amides is 1. The van der Waals surface area contributed by atoms with Crippen molar-refractivity contribution in [2.45, 2.75) is 31.2 Å². The smallest absolute Gasteiger partial charge is 0.258 e. The van der Waals surface area contributed by atoms with E-state index in [0.29, 0.717) is 30.9 Å². The number of carbonyl (C=O) groups excluding carboxylic acids is 1. The fraction of sp³-hybridized carbons (Fsp3) is 0.368. The maximum Gasteiger partial charge on any atom is 0.258 e. The van der Waals surface area contributed by atoms with E-state index in [0.717, 1.165) is 18.4 Å². The lowest BCUT2D eigenvalue weighted by Crippen LogP contribution is -2.29. The number of aromatic nitrogens is 1. The van der Waals surface area contributed by atoms with E-state index >= 15 is 0 Å². The van der Waals surface area contributed by atoms with Crippen molar-refractivity contribution in [3.63, 3.8) is 0 Å². The molecule has 2 heterocycles. The van der Waals surface area contributed by atoms with Gasteiger partial charge in [-0.25, -0.2) is 8.42 Å². The van der Waals surface area contributed by atoms with Gasteiger partial charge >= 0.3 is 0 Å². The van der Waals surface area contributed by atoms with E-state index in [1.165, 1.54) is 10.4 Å². The number of rotatable bonds is 7. The van der Waals surface area contributed by atoms with Crippen molar-refractivity contribution in [3.8, 4) is 5.75 Å². The molecular formula is C19H23N3O4S. The summed E-state index contributed by atoms with van der Waals surface area (Å²) in [6, 6.07) is 8.41. The molecule has 1 fully saturated rings. The van der Waals surface area contributed by atoms with Crippen LogP contribution in [0.4, 0.5) is 0 Å². The molecule has 0 unspecified atom stereocenters. The van der Waals surface area contributed by atoms with Gasteiger partial charge in [0, 0.05) is 32.0 Å². The molecule has 1 N–H and O–H groups in total. The number of sulfonamides is 1. The van der Waals surface area contributed by atoms with Gasteiger partial charge in [-0.05, 0) is 55.2 Å². The Morgan fingerprint density at radius 2 is 2.04 bits per heavy atom. The van der Waals surface area contributed by atoms with E-state index in [2.05, 4.69) is 10.3 Å². The first-order valence-electron chi connectivity index (χ1n) is 8.86. The summed E-state index contributed by atoms with van der Waals surface area (Å²) in [5, 5.41) is 2.75. The van der Waals surface area contributed by atoms with Crippen molar-refractivity contribution in [1.82, 2.24) is 14.6 Å². The first-order valence-corrected chi connectivity index (χ1v) is 10.3. The Kier molecular flexibility index (Phi) is 6.08. The standard InChI is InChI=1S/C19H23N3O4S/c1-15-11-17(27(24,25)22-9-2-3-10-22)6-7-18(15)26-14-19(23)21-13-16-5-4-8-20-12-16/h4-8,11-12H,2-3,9-10,13-14H2,1H3,(H,21,23). The van der Waals surface area contributed by atoms with E-state index < -0.39 is 10.0 Å². The van der Waals surface area contributed by atoms with Crippen LogP contribution in [0.5, 0.6) is 5.75 Å². The number of aryl methyl sites for hydroxylation is 1. The molecule has 27 heavy (non-hydrogen) atoms. The zero-order valence-corrected chi connectivity index (χ0v) is 16.0. The number of nitrogens with one attached hydrogen (secondary N) is 1. The first kappa shape index (κ1) is 19.3. The van der Waals surface area contributed by atoms with Crippen LogP contribution in [0.2, 0.25) is 0 Å². The minimum absolute atomic E-state index is 0.140. The van der Waals surface area contributed by atoms with E-state index in [4.69, 9.17) is 4.74 Å². The van der Waals surface area contributed by atoms with Crippen LogP contribution in [0.25, 0.3) is 0 Å². The van der Waals surface area contributed by atoms with Gasteiger partial charge in [0.25, 0.3) is 5.91 Å². The molecule has 0 radical (unpaired) electrons. The summed E-state index contributed by atoms with van der Waals surface area (Å²) in [6.45, 7) is 3.14. The summed E-state index contributed by atoms with van der Waals surface area (Å²) < 4.78 is 32.3. The molecule has 3 rings (SSSR count). The van der Waals surface area contributed by atoms with Crippen LogP contribution in [-0.2, 0) is 21.4 Å². The maximum absolute atomic E-state index is 12.6. The average molecular weight is 389 g/mol. The molecular weight excluding hydrogens is 366 g/mol. The molecule has 1 amide bonds. The van der Waals surface area contributed by atoms with Crippen molar-refractivity contribution >= 4 is 15.9 Å². The zero-order chi connectivity index (χ0) is 19.3. The summed E-state index contributed by atoms with van der Waals surface area (Å²) in [5.41, 5.74) is 1.58. The van der Waals surface area contributed by atoms with Crippen molar-refractivity contribution in [1.29, 1.82) is 0 Å². The molecule has 2 aromatic rings. The SMILES string of the molecule is Cc1cc(S(=O)(=O)N2CCCC2)ccc1OCC(=O)NCc1cccnc1. The zero-order valence-electron chi connectivity index (χ0n) is 15.2. The predicted molar refractivity (Wildman–Crippen MR) is 101 cm³/mol. The Hall–Kier alpha value is -2.45. The third-order valence-electron chi connectivity index (χ3n) is 4.42. The molecule has 1 aliphatic heterocycles. The normalized spacial score (nSPS) is 14.9. The molecule has 0 atom stereocenters. The van der Waals surface area contributed by atoms with E-state index in [1.54, 1.807) is 37.5 Å². The van der Waals surface area contributed by atoms with E-state index in [-0.39, 0.29) is 17.4 Å². The Bertz CT molecular complexity index is 894. The fourth-order valence-corrected chi connectivity index (χ4v) is 4.52. The maximum atomic E-state index is 12.6. The van der Waals surface area contributed by atoms with Crippen LogP contribution in [0.3, 0.4) is 0 Å². The molecule has 0 bridgehead atoms. The highest BCUT2D eigenvalue weighted by Crippen LogP contribution is 2.26. The van der Waals surface area contributed by atoms with Crippen molar-refractivity contribution in [2.75, 3.05) is 19.7 Å². The lowest BCUT2D eigenvalue weighted by molar-refractivity contribution is -0.123. The second-order valence-corrected chi connectivity index (χ2v) is 8.40. The highest BCUT2D eigenvalue weighted by molar-refractivity contribution is 7.89. The van der Waals surface area contributed by atoms with Gasteiger partial charge in [0.2, 0.25) is 10.0 Å². The molecule has 1 saturated heterocycles. The molecule has 7 nitrogen and oxygen atoms in total. The third-order valence-corrected chi connectivity index (χ3v) is 6.32. The summed E-state index contributed by atoms with van der Waals surface area (Å²) in [5.74, 6) is 0.235. The predicted octanol–water partition coefficient (Wildman–Crippen LogP) is 1.87. The minimum atomic E-state index is -3.46. The largest absolute Gasteiger partial charge is 0.484 e. The van der Waals surface area contributed by atoms with Crippen LogP contribution in [0.1, 0.15) is 24.0 Å². The monoisotopic (exact) mass is 389 g/mol. The number of pyridine rings is 1. The lowest BCUT2D eigenvalue weighted by Gasteiger charge is -2.17. The summed E-state index contributed by atoms with van der Waals surface area (Å²) in [7, 11) is -3.46. The van der Waals surface area contributed by atoms with Crippen LogP contribution < -0.4 is 10.1 Å². The molecule has 1 aromatic heterocycles. The van der Waals surface area contributed by atoms with Crippen molar-refractivity contribution in [3.05, 3.63) is 53.9 Å². The quantitative estimate of drug-likeness (QED) is 0.781. The van der Waals surface area contributed by atoms with Gasteiger partial charge in [-0.1, -0.05) is 6.07 Å². The van der Waals surface area contributed by atoms with Crippen molar-refractivity contribution < 1.29 is 17.9 Å². The van der Waals surface area contributed by atoms with Gasteiger partial charge < -0.3 is 10.1 Å². The number of hydrogen-bond acceptors (Lipinski definition) is 5. The van der Waals surface area contributed by atoms with Gasteiger partial charge in [0.15, 0.2) is 6.61 Å². The molecule has 144 valence electrons. The number of hydrogen-bond donors (Lipinski definition) is 1. The Balaban J connectivity index is 1.57. The third kappa shape index (κ3) is 4.84. The Labute approximate surface area is 159 Å². The fourth-order valence-electron chi connectivity index (χ4n) is 2.92. The number of nitrogens with zero attached hydrogens (tertiary/aromatic N) is 2. The molecule has 0 spiro atoms. The minimum Gasteiger partial charge on any atom is -0.484 e. The highest BCUT2D eigenvalue weighted by atomic mass is 32.2. The molecule has 0 aliphatic carbocycles. The number of ether oxygens (including phenoxy) is 1. The van der Waals surface area contributed by atoms with Crippen LogP contribution >= 0.6 is 0 Å². The van der Waals surface area contributed by atoms with Gasteiger partial charge in [-0.2, -0.15) is 4.31 Å².